The standard InChI is InChI=1S/C17H18ClN3O5/c18-14-5-1-2-6-15(14)26-12-16(22)19-9-3-4-10-20-11-13(21(24)25)7-8-17(20)23/h1-2,5-8,11H,3-4,9-10,12H2,(H,19,22). The summed E-state index contributed by atoms with van der Waals surface area (Å²) in [6.07, 6.45) is 2.43. The van der Waals surface area contributed by atoms with Crippen LogP contribution in [0.4, 0.5) is 5.69 Å². The van der Waals surface area contributed by atoms with Gasteiger partial charge in [-0.15, -0.1) is 0 Å². The fraction of sp³-hybridized carbons (Fsp3) is 0.294. The molecule has 0 aliphatic heterocycles. The molecule has 1 heterocycles. The second kappa shape index (κ2) is 9.57. The first-order valence-corrected chi connectivity index (χ1v) is 8.34. The minimum atomic E-state index is -0.546. The van der Waals surface area contributed by atoms with Crippen LogP contribution in [0.25, 0.3) is 0 Å². The van der Waals surface area contributed by atoms with Crippen LogP contribution in [0.2, 0.25) is 5.02 Å². The van der Waals surface area contributed by atoms with E-state index in [1.807, 2.05) is 0 Å². The van der Waals surface area contributed by atoms with Crippen LogP contribution in [0.5, 0.6) is 5.75 Å². The van der Waals surface area contributed by atoms with E-state index in [9.17, 15) is 19.7 Å². The Bertz CT molecular complexity index is 837. The Morgan fingerprint density at radius 3 is 2.73 bits per heavy atom. The normalized spacial score (nSPS) is 10.3. The van der Waals surface area contributed by atoms with Crippen LogP contribution in [0.15, 0.2) is 47.4 Å². The first kappa shape index (κ1) is 19.5. The zero-order chi connectivity index (χ0) is 18.9. The van der Waals surface area contributed by atoms with Gasteiger partial charge < -0.3 is 14.6 Å². The van der Waals surface area contributed by atoms with E-state index in [2.05, 4.69) is 5.32 Å². The number of nitro groups is 1. The van der Waals surface area contributed by atoms with Crippen molar-refractivity contribution in [1.82, 2.24) is 9.88 Å². The zero-order valence-electron chi connectivity index (χ0n) is 13.9. The summed E-state index contributed by atoms with van der Waals surface area (Å²) in [4.78, 5) is 33.6. The molecule has 0 aliphatic rings. The van der Waals surface area contributed by atoms with E-state index < -0.39 is 4.92 Å². The molecule has 2 aromatic rings. The van der Waals surface area contributed by atoms with Gasteiger partial charge >= 0.3 is 0 Å². The van der Waals surface area contributed by atoms with Gasteiger partial charge in [0.2, 0.25) is 0 Å². The van der Waals surface area contributed by atoms with E-state index in [0.29, 0.717) is 36.7 Å². The van der Waals surface area contributed by atoms with Crippen LogP contribution in [-0.4, -0.2) is 28.5 Å². The Morgan fingerprint density at radius 1 is 1.23 bits per heavy atom. The number of aromatic nitrogens is 1. The maximum Gasteiger partial charge on any atom is 0.285 e. The number of ether oxygens (including phenoxy) is 1. The molecule has 1 amide bonds. The smallest absolute Gasteiger partial charge is 0.285 e. The number of para-hydroxylation sites is 1. The highest BCUT2D eigenvalue weighted by atomic mass is 35.5. The van der Waals surface area contributed by atoms with Crippen LogP contribution in [0.1, 0.15) is 12.8 Å². The lowest BCUT2D eigenvalue weighted by atomic mass is 10.3. The summed E-state index contributed by atoms with van der Waals surface area (Å²) in [7, 11) is 0. The first-order valence-electron chi connectivity index (χ1n) is 7.96. The topological polar surface area (TPSA) is 103 Å². The van der Waals surface area contributed by atoms with Crippen LogP contribution in [-0.2, 0) is 11.3 Å². The number of carbonyl (C=O) groups is 1. The quantitative estimate of drug-likeness (QED) is 0.409. The average molecular weight is 380 g/mol. The third-order valence-electron chi connectivity index (χ3n) is 3.52. The Balaban J connectivity index is 1.68. The van der Waals surface area contributed by atoms with Gasteiger partial charge in [-0.3, -0.25) is 19.7 Å². The number of pyridine rings is 1. The van der Waals surface area contributed by atoms with Crippen molar-refractivity contribution in [2.24, 2.45) is 0 Å². The molecule has 138 valence electrons. The molecule has 0 bridgehead atoms. The number of hydrogen-bond acceptors (Lipinski definition) is 5. The SMILES string of the molecule is O=C(COc1ccccc1Cl)NCCCCn1cc([N+](=O)[O-])ccc1=O. The predicted molar refractivity (Wildman–Crippen MR) is 96.5 cm³/mol. The monoisotopic (exact) mass is 379 g/mol. The Morgan fingerprint density at radius 2 is 2.00 bits per heavy atom. The van der Waals surface area contributed by atoms with E-state index in [1.54, 1.807) is 24.3 Å². The molecule has 9 heteroatoms. The van der Waals surface area contributed by atoms with Crippen molar-refractivity contribution in [2.75, 3.05) is 13.2 Å². The van der Waals surface area contributed by atoms with Crippen molar-refractivity contribution in [3.8, 4) is 5.75 Å². The molecule has 0 atom stereocenters. The van der Waals surface area contributed by atoms with E-state index >= 15 is 0 Å². The second-order valence-electron chi connectivity index (χ2n) is 5.45. The molecule has 26 heavy (non-hydrogen) atoms. The minimum absolute atomic E-state index is 0.130. The summed E-state index contributed by atoms with van der Waals surface area (Å²) >= 11 is 5.93. The molecule has 0 radical (unpaired) electrons. The number of hydrogen-bond donors (Lipinski definition) is 1. The van der Waals surface area contributed by atoms with Gasteiger partial charge in [0.15, 0.2) is 6.61 Å². The van der Waals surface area contributed by atoms with E-state index in [0.717, 1.165) is 0 Å². The molecule has 1 aromatic carbocycles. The van der Waals surface area contributed by atoms with Crippen LogP contribution in [0.3, 0.4) is 0 Å². The minimum Gasteiger partial charge on any atom is -0.482 e. The van der Waals surface area contributed by atoms with Gasteiger partial charge in [0, 0.05) is 25.2 Å². The number of rotatable bonds is 9. The van der Waals surface area contributed by atoms with Crippen LogP contribution >= 0.6 is 11.6 Å². The maximum atomic E-state index is 11.7. The number of unbranched alkanes of at least 4 members (excludes halogenated alkanes) is 1. The number of amides is 1. The number of nitrogens with one attached hydrogen (secondary N) is 1. The van der Waals surface area contributed by atoms with E-state index in [-0.39, 0.29) is 23.8 Å². The largest absolute Gasteiger partial charge is 0.482 e. The maximum absolute atomic E-state index is 11.7. The van der Waals surface area contributed by atoms with Crippen molar-refractivity contribution in [2.45, 2.75) is 19.4 Å². The lowest BCUT2D eigenvalue weighted by Gasteiger charge is -2.09. The number of carbonyl (C=O) groups excluding carboxylic acids is 1. The van der Waals surface area contributed by atoms with Crippen molar-refractivity contribution in [3.05, 3.63) is 68.1 Å². The summed E-state index contributed by atoms with van der Waals surface area (Å²) in [5, 5.41) is 13.9. The molecule has 1 N–H and O–H groups in total. The number of benzene rings is 1. The molecule has 0 spiro atoms. The molecule has 1 aromatic heterocycles. The third kappa shape index (κ3) is 5.89. The fourth-order valence-corrected chi connectivity index (χ4v) is 2.38. The Kier molecular flexibility index (Phi) is 7.16. The zero-order valence-corrected chi connectivity index (χ0v) is 14.6. The molecule has 0 unspecified atom stereocenters. The highest BCUT2D eigenvalue weighted by Gasteiger charge is 2.08. The average Bonchev–Trinajstić information content (AvgIpc) is 2.62. The van der Waals surface area contributed by atoms with Crippen molar-refractivity contribution < 1.29 is 14.5 Å². The van der Waals surface area contributed by atoms with Crippen molar-refractivity contribution >= 4 is 23.2 Å². The number of halogens is 1. The van der Waals surface area contributed by atoms with Crippen LogP contribution < -0.4 is 15.6 Å². The van der Waals surface area contributed by atoms with E-state index in [4.69, 9.17) is 16.3 Å². The fourth-order valence-electron chi connectivity index (χ4n) is 2.19. The van der Waals surface area contributed by atoms with Gasteiger partial charge in [-0.2, -0.15) is 0 Å². The highest BCUT2D eigenvalue weighted by Crippen LogP contribution is 2.22. The van der Waals surface area contributed by atoms with Gasteiger partial charge in [-0.25, -0.2) is 0 Å². The van der Waals surface area contributed by atoms with Gasteiger partial charge in [-0.1, -0.05) is 23.7 Å². The molecular formula is C17H18ClN3O5. The van der Waals surface area contributed by atoms with Crippen molar-refractivity contribution in [1.29, 1.82) is 0 Å². The van der Waals surface area contributed by atoms with Crippen molar-refractivity contribution in [3.63, 3.8) is 0 Å². The summed E-state index contributed by atoms with van der Waals surface area (Å²) < 4.78 is 6.62. The third-order valence-corrected chi connectivity index (χ3v) is 3.83. The number of nitrogens with zero attached hydrogens (tertiary/aromatic N) is 2. The lowest BCUT2D eigenvalue weighted by molar-refractivity contribution is -0.385. The molecule has 8 nitrogen and oxygen atoms in total. The van der Waals surface area contributed by atoms with Crippen LogP contribution in [0, 0.1) is 10.1 Å². The number of aryl methyl sites for hydroxylation is 1. The summed E-state index contributed by atoms with van der Waals surface area (Å²) in [6, 6.07) is 9.22. The molecule has 0 saturated heterocycles. The Hall–Kier alpha value is -2.87. The van der Waals surface area contributed by atoms with Gasteiger partial charge in [0.1, 0.15) is 5.75 Å². The summed E-state index contributed by atoms with van der Waals surface area (Å²) in [5.74, 6) is 0.159. The molecule has 2 rings (SSSR count). The molecule has 0 aliphatic carbocycles. The molecule has 0 fully saturated rings. The predicted octanol–water partition coefficient (Wildman–Crippen LogP) is 2.39. The second-order valence-corrected chi connectivity index (χ2v) is 5.86. The van der Waals surface area contributed by atoms with Gasteiger partial charge in [0.25, 0.3) is 17.2 Å². The molecular weight excluding hydrogens is 362 g/mol. The van der Waals surface area contributed by atoms with Gasteiger partial charge in [0.05, 0.1) is 16.1 Å². The molecule has 0 saturated carbocycles. The lowest BCUT2D eigenvalue weighted by Crippen LogP contribution is -2.30. The Labute approximate surface area is 154 Å². The van der Waals surface area contributed by atoms with Gasteiger partial charge in [-0.05, 0) is 25.0 Å². The summed E-state index contributed by atoms with van der Waals surface area (Å²) in [5.41, 5.74) is -0.428. The first-order chi connectivity index (χ1) is 12.5. The highest BCUT2D eigenvalue weighted by molar-refractivity contribution is 6.32. The van der Waals surface area contributed by atoms with E-state index in [1.165, 1.54) is 22.9 Å². The summed E-state index contributed by atoms with van der Waals surface area (Å²) in [6.45, 7) is 0.606.